The van der Waals surface area contributed by atoms with Crippen LogP contribution in [0, 0.1) is 13.8 Å². The third-order valence-electron chi connectivity index (χ3n) is 5.16. The molecule has 2 aliphatic heterocycles. The zero-order chi connectivity index (χ0) is 18.3. The van der Waals surface area contributed by atoms with Crippen molar-refractivity contribution in [2.75, 3.05) is 37.9 Å². The summed E-state index contributed by atoms with van der Waals surface area (Å²) in [7, 11) is 0. The molecule has 4 rings (SSSR count). The highest BCUT2D eigenvalue weighted by Gasteiger charge is 2.26. The van der Waals surface area contributed by atoms with Gasteiger partial charge in [-0.05, 0) is 43.2 Å². The lowest BCUT2D eigenvalue weighted by atomic mass is 10.1. The van der Waals surface area contributed by atoms with Crippen LogP contribution in [0.5, 0.6) is 11.5 Å². The van der Waals surface area contributed by atoms with Crippen molar-refractivity contribution < 1.29 is 14.3 Å². The van der Waals surface area contributed by atoms with E-state index in [1.54, 1.807) is 12.1 Å². The number of hydrogen-bond donors (Lipinski definition) is 0. The zero-order valence-electron chi connectivity index (χ0n) is 14.9. The van der Waals surface area contributed by atoms with Gasteiger partial charge in [0.05, 0.1) is 5.02 Å². The molecule has 0 bridgehead atoms. The first-order valence-corrected chi connectivity index (χ1v) is 9.12. The van der Waals surface area contributed by atoms with E-state index < -0.39 is 0 Å². The van der Waals surface area contributed by atoms with Crippen molar-refractivity contribution in [1.82, 2.24) is 4.90 Å². The van der Waals surface area contributed by atoms with Gasteiger partial charge in [-0.1, -0.05) is 23.7 Å². The Kier molecular flexibility index (Phi) is 4.41. The number of halogens is 1. The molecule has 0 N–H and O–H groups in total. The van der Waals surface area contributed by atoms with Crippen LogP contribution in [0.2, 0.25) is 5.02 Å². The molecule has 26 heavy (non-hydrogen) atoms. The summed E-state index contributed by atoms with van der Waals surface area (Å²) in [5, 5.41) is 0.414. The van der Waals surface area contributed by atoms with Gasteiger partial charge in [0.15, 0.2) is 11.5 Å². The highest BCUT2D eigenvalue weighted by atomic mass is 35.5. The second-order valence-electron chi connectivity index (χ2n) is 6.69. The molecule has 1 saturated heterocycles. The Hall–Kier alpha value is -2.40. The van der Waals surface area contributed by atoms with Gasteiger partial charge in [-0.15, -0.1) is 0 Å². The Labute approximate surface area is 158 Å². The number of fused-ring (bicyclic) bond motifs is 1. The van der Waals surface area contributed by atoms with Crippen LogP contribution in [0.15, 0.2) is 30.3 Å². The van der Waals surface area contributed by atoms with Crippen LogP contribution in [0.4, 0.5) is 5.69 Å². The molecule has 2 aromatic rings. The van der Waals surface area contributed by atoms with E-state index >= 15 is 0 Å². The van der Waals surface area contributed by atoms with Crippen molar-refractivity contribution in [3.63, 3.8) is 0 Å². The second kappa shape index (κ2) is 6.72. The van der Waals surface area contributed by atoms with Gasteiger partial charge < -0.3 is 19.3 Å². The number of piperazine rings is 1. The largest absolute Gasteiger partial charge is 0.454 e. The minimum Gasteiger partial charge on any atom is -0.454 e. The molecule has 0 unspecified atom stereocenters. The summed E-state index contributed by atoms with van der Waals surface area (Å²) in [6.07, 6.45) is 0. The molecule has 0 aliphatic carbocycles. The van der Waals surface area contributed by atoms with E-state index in [4.69, 9.17) is 21.1 Å². The molecule has 2 aromatic carbocycles. The Morgan fingerprint density at radius 3 is 2.62 bits per heavy atom. The van der Waals surface area contributed by atoms with Crippen LogP contribution in [0.3, 0.4) is 0 Å². The Morgan fingerprint density at radius 2 is 1.85 bits per heavy atom. The van der Waals surface area contributed by atoms with E-state index in [1.807, 2.05) is 4.90 Å². The molecule has 1 amide bonds. The Bertz CT molecular complexity index is 860. The summed E-state index contributed by atoms with van der Waals surface area (Å²) in [5.74, 6) is 1.03. The average molecular weight is 373 g/mol. The summed E-state index contributed by atoms with van der Waals surface area (Å²) >= 11 is 6.21. The van der Waals surface area contributed by atoms with Crippen LogP contribution in [0.25, 0.3) is 0 Å². The lowest BCUT2D eigenvalue weighted by Gasteiger charge is -2.37. The minimum atomic E-state index is -0.0224. The van der Waals surface area contributed by atoms with E-state index in [9.17, 15) is 4.79 Å². The fourth-order valence-electron chi connectivity index (χ4n) is 3.50. The molecule has 1 fully saturated rings. The third kappa shape index (κ3) is 2.97. The SMILES string of the molecule is Cc1cccc(N2CCN(C(=O)c3cc(Cl)c4c(c3)OCO4)CC2)c1C. The number of carbonyl (C=O) groups is 1. The summed E-state index contributed by atoms with van der Waals surface area (Å²) in [6.45, 7) is 7.40. The van der Waals surface area contributed by atoms with E-state index in [0.717, 1.165) is 13.1 Å². The molecule has 6 heteroatoms. The molecule has 0 saturated carbocycles. The molecule has 2 heterocycles. The van der Waals surface area contributed by atoms with Gasteiger partial charge in [-0.25, -0.2) is 0 Å². The maximum atomic E-state index is 12.9. The van der Waals surface area contributed by atoms with Crippen molar-refractivity contribution in [3.05, 3.63) is 52.0 Å². The maximum absolute atomic E-state index is 12.9. The summed E-state index contributed by atoms with van der Waals surface area (Å²) in [5.41, 5.74) is 4.38. The summed E-state index contributed by atoms with van der Waals surface area (Å²) < 4.78 is 10.7. The van der Waals surface area contributed by atoms with E-state index in [-0.39, 0.29) is 12.7 Å². The first-order chi connectivity index (χ1) is 12.5. The topological polar surface area (TPSA) is 42.0 Å². The number of benzene rings is 2. The normalized spacial score (nSPS) is 16.1. The van der Waals surface area contributed by atoms with E-state index in [2.05, 4.69) is 36.9 Å². The Balaban J connectivity index is 1.47. The first kappa shape index (κ1) is 17.0. The van der Waals surface area contributed by atoms with Gasteiger partial charge in [0.25, 0.3) is 5.91 Å². The molecule has 5 nitrogen and oxygen atoms in total. The number of carbonyl (C=O) groups excluding carboxylic acids is 1. The lowest BCUT2D eigenvalue weighted by molar-refractivity contribution is 0.0746. The highest BCUT2D eigenvalue weighted by molar-refractivity contribution is 6.32. The van der Waals surface area contributed by atoms with Gasteiger partial charge in [0, 0.05) is 37.4 Å². The van der Waals surface area contributed by atoms with Gasteiger partial charge in [-0.3, -0.25) is 4.79 Å². The number of amides is 1. The minimum absolute atomic E-state index is 0.0224. The van der Waals surface area contributed by atoms with Gasteiger partial charge in [-0.2, -0.15) is 0 Å². The van der Waals surface area contributed by atoms with Crippen LogP contribution in [-0.4, -0.2) is 43.8 Å². The van der Waals surface area contributed by atoms with Gasteiger partial charge in [0.1, 0.15) is 0 Å². The van der Waals surface area contributed by atoms with Crippen molar-refractivity contribution in [1.29, 1.82) is 0 Å². The smallest absolute Gasteiger partial charge is 0.254 e. The maximum Gasteiger partial charge on any atom is 0.254 e. The average Bonchev–Trinajstić information content (AvgIpc) is 3.13. The predicted molar refractivity (Wildman–Crippen MR) is 102 cm³/mol. The molecule has 0 spiro atoms. The quantitative estimate of drug-likeness (QED) is 0.807. The number of ether oxygens (including phenoxy) is 2. The fourth-order valence-corrected chi connectivity index (χ4v) is 3.77. The number of rotatable bonds is 2. The number of aryl methyl sites for hydroxylation is 1. The highest BCUT2D eigenvalue weighted by Crippen LogP contribution is 2.40. The molecule has 2 aliphatic rings. The van der Waals surface area contributed by atoms with Crippen molar-refractivity contribution >= 4 is 23.2 Å². The molecule has 0 atom stereocenters. The van der Waals surface area contributed by atoms with Crippen LogP contribution in [-0.2, 0) is 0 Å². The predicted octanol–water partition coefficient (Wildman–Crippen LogP) is 3.65. The third-order valence-corrected chi connectivity index (χ3v) is 5.44. The lowest BCUT2D eigenvalue weighted by Crippen LogP contribution is -2.49. The zero-order valence-corrected chi connectivity index (χ0v) is 15.7. The van der Waals surface area contributed by atoms with Crippen molar-refractivity contribution in [3.8, 4) is 11.5 Å². The number of nitrogens with zero attached hydrogens (tertiary/aromatic N) is 2. The molecular formula is C20H21ClN2O3. The van der Waals surface area contributed by atoms with Crippen molar-refractivity contribution in [2.24, 2.45) is 0 Å². The standard InChI is InChI=1S/C20H21ClN2O3/c1-13-4-3-5-17(14(13)2)22-6-8-23(9-7-22)20(24)15-10-16(21)19-18(11-15)25-12-26-19/h3-5,10-11H,6-9,12H2,1-2H3. The van der Waals surface area contributed by atoms with Crippen LogP contribution in [0.1, 0.15) is 21.5 Å². The fraction of sp³-hybridized carbons (Fsp3) is 0.350. The van der Waals surface area contributed by atoms with Gasteiger partial charge in [0.2, 0.25) is 6.79 Å². The molecule has 136 valence electrons. The van der Waals surface area contributed by atoms with Crippen LogP contribution >= 0.6 is 11.6 Å². The van der Waals surface area contributed by atoms with Crippen molar-refractivity contribution in [2.45, 2.75) is 13.8 Å². The molecular weight excluding hydrogens is 352 g/mol. The van der Waals surface area contributed by atoms with Crippen LogP contribution < -0.4 is 14.4 Å². The van der Waals surface area contributed by atoms with E-state index in [1.165, 1.54) is 16.8 Å². The second-order valence-corrected chi connectivity index (χ2v) is 7.10. The monoisotopic (exact) mass is 372 g/mol. The van der Waals surface area contributed by atoms with E-state index in [0.29, 0.717) is 35.2 Å². The number of anilines is 1. The van der Waals surface area contributed by atoms with Gasteiger partial charge >= 0.3 is 0 Å². The molecule has 0 radical (unpaired) electrons. The number of hydrogen-bond acceptors (Lipinski definition) is 4. The molecule has 0 aromatic heterocycles. The first-order valence-electron chi connectivity index (χ1n) is 8.74. The summed E-state index contributed by atoms with van der Waals surface area (Å²) in [6, 6.07) is 9.74. The Morgan fingerprint density at radius 1 is 1.08 bits per heavy atom. The summed E-state index contributed by atoms with van der Waals surface area (Å²) in [4.78, 5) is 17.1.